The van der Waals surface area contributed by atoms with Gasteiger partial charge in [-0.05, 0) is 59.0 Å². The third-order valence-corrected chi connectivity index (χ3v) is 4.37. The van der Waals surface area contributed by atoms with Crippen molar-refractivity contribution in [2.24, 2.45) is 5.92 Å². The maximum Gasteiger partial charge on any atom is 0.325 e. The molecule has 1 aliphatic carbocycles. The summed E-state index contributed by atoms with van der Waals surface area (Å²) in [4.78, 5) is 14.3. The van der Waals surface area contributed by atoms with Crippen LogP contribution in [-0.2, 0) is 9.53 Å². The maximum atomic E-state index is 12.0. The molecular weight excluding hydrogens is 240 g/mol. The van der Waals surface area contributed by atoms with E-state index in [1.165, 1.54) is 20.0 Å². The van der Waals surface area contributed by atoms with Gasteiger partial charge in [0.2, 0.25) is 0 Å². The first-order chi connectivity index (χ1) is 8.94. The number of nitrogens with one attached hydrogen (secondary N) is 1. The van der Waals surface area contributed by atoms with Crippen LogP contribution in [0.3, 0.4) is 0 Å². The first-order valence-electron chi connectivity index (χ1n) is 7.48. The molecule has 1 aliphatic rings. The molecule has 4 nitrogen and oxygen atoms in total. The van der Waals surface area contributed by atoms with Crippen molar-refractivity contribution < 1.29 is 9.53 Å². The maximum absolute atomic E-state index is 12.0. The van der Waals surface area contributed by atoms with Crippen molar-refractivity contribution in [2.45, 2.75) is 58.0 Å². The third kappa shape index (κ3) is 4.77. The zero-order valence-corrected chi connectivity index (χ0v) is 13.2. The Bertz CT molecular complexity index is 292. The minimum atomic E-state index is -0.567. The van der Waals surface area contributed by atoms with Gasteiger partial charge in [0.05, 0.1) is 7.11 Å². The fourth-order valence-electron chi connectivity index (χ4n) is 2.43. The van der Waals surface area contributed by atoms with Crippen molar-refractivity contribution in [2.75, 3.05) is 27.2 Å². The molecule has 0 saturated heterocycles. The molecule has 112 valence electrons. The van der Waals surface area contributed by atoms with Gasteiger partial charge in [0.1, 0.15) is 5.54 Å². The van der Waals surface area contributed by atoms with Crippen molar-refractivity contribution in [1.82, 2.24) is 10.2 Å². The van der Waals surface area contributed by atoms with Crippen LogP contribution < -0.4 is 5.32 Å². The van der Waals surface area contributed by atoms with Crippen LogP contribution in [0.4, 0.5) is 0 Å². The van der Waals surface area contributed by atoms with Gasteiger partial charge in [0.15, 0.2) is 0 Å². The van der Waals surface area contributed by atoms with Gasteiger partial charge in [-0.3, -0.25) is 4.79 Å². The average molecular weight is 270 g/mol. The second-order valence-corrected chi connectivity index (χ2v) is 6.06. The summed E-state index contributed by atoms with van der Waals surface area (Å²) in [5, 5.41) is 3.33. The van der Waals surface area contributed by atoms with Crippen molar-refractivity contribution in [3.8, 4) is 0 Å². The molecule has 0 aromatic carbocycles. The lowest BCUT2D eigenvalue weighted by molar-refractivity contribution is -0.148. The van der Waals surface area contributed by atoms with Crippen LogP contribution in [0.1, 0.15) is 46.5 Å². The van der Waals surface area contributed by atoms with Crippen molar-refractivity contribution in [3.63, 3.8) is 0 Å². The quantitative estimate of drug-likeness (QED) is 0.651. The molecule has 19 heavy (non-hydrogen) atoms. The van der Waals surface area contributed by atoms with Gasteiger partial charge >= 0.3 is 5.97 Å². The molecule has 0 aromatic heterocycles. The van der Waals surface area contributed by atoms with E-state index in [2.05, 4.69) is 31.1 Å². The molecule has 0 heterocycles. The highest BCUT2D eigenvalue weighted by molar-refractivity contribution is 5.80. The summed E-state index contributed by atoms with van der Waals surface area (Å²) in [6.07, 6.45) is 4.51. The van der Waals surface area contributed by atoms with Crippen LogP contribution in [-0.4, -0.2) is 49.7 Å². The number of hydrogen-bond donors (Lipinski definition) is 1. The monoisotopic (exact) mass is 270 g/mol. The van der Waals surface area contributed by atoms with Crippen molar-refractivity contribution >= 4 is 5.97 Å². The van der Waals surface area contributed by atoms with Crippen LogP contribution >= 0.6 is 0 Å². The first kappa shape index (κ1) is 16.4. The molecule has 2 unspecified atom stereocenters. The highest BCUT2D eigenvalue weighted by atomic mass is 16.5. The number of ether oxygens (including phenoxy) is 1. The van der Waals surface area contributed by atoms with Gasteiger partial charge in [-0.25, -0.2) is 0 Å². The van der Waals surface area contributed by atoms with Crippen LogP contribution in [0, 0.1) is 5.92 Å². The summed E-state index contributed by atoms with van der Waals surface area (Å²) in [6, 6.07) is 0.619. The summed E-state index contributed by atoms with van der Waals surface area (Å²) in [7, 11) is 3.62. The summed E-state index contributed by atoms with van der Waals surface area (Å²) in [6.45, 7) is 8.09. The Morgan fingerprint density at radius 2 is 2.16 bits per heavy atom. The number of carbonyl (C=O) groups excluding carboxylic acids is 1. The van der Waals surface area contributed by atoms with Crippen LogP contribution in [0.25, 0.3) is 0 Å². The minimum Gasteiger partial charge on any atom is -0.468 e. The van der Waals surface area contributed by atoms with Crippen molar-refractivity contribution in [3.05, 3.63) is 0 Å². The average Bonchev–Trinajstić information content (AvgIpc) is 3.25. The topological polar surface area (TPSA) is 41.6 Å². The number of esters is 1. The van der Waals surface area contributed by atoms with E-state index in [1.54, 1.807) is 0 Å². The Morgan fingerprint density at radius 3 is 2.63 bits per heavy atom. The van der Waals surface area contributed by atoms with E-state index in [-0.39, 0.29) is 5.97 Å². The van der Waals surface area contributed by atoms with Gasteiger partial charge in [-0.15, -0.1) is 0 Å². The molecule has 0 bridgehead atoms. The van der Waals surface area contributed by atoms with E-state index in [9.17, 15) is 4.79 Å². The van der Waals surface area contributed by atoms with Gasteiger partial charge in [0.25, 0.3) is 0 Å². The van der Waals surface area contributed by atoms with Crippen LogP contribution in [0.2, 0.25) is 0 Å². The zero-order chi connectivity index (χ0) is 14.5. The molecule has 0 radical (unpaired) electrons. The molecule has 4 heteroatoms. The molecular formula is C15H30N2O2. The highest BCUT2D eigenvalue weighted by Gasteiger charge is 2.35. The van der Waals surface area contributed by atoms with Crippen LogP contribution in [0.15, 0.2) is 0 Å². The Morgan fingerprint density at radius 1 is 1.53 bits per heavy atom. The second kappa shape index (κ2) is 7.25. The molecule has 0 amide bonds. The summed E-state index contributed by atoms with van der Waals surface area (Å²) in [5.41, 5.74) is -0.567. The van der Waals surface area contributed by atoms with Gasteiger partial charge in [-0.1, -0.05) is 6.92 Å². The Kier molecular flexibility index (Phi) is 6.27. The molecule has 1 rings (SSSR count). The lowest BCUT2D eigenvalue weighted by atomic mass is 9.96. The van der Waals surface area contributed by atoms with Gasteiger partial charge < -0.3 is 15.0 Å². The zero-order valence-electron chi connectivity index (χ0n) is 13.2. The number of methoxy groups -OCH3 is 1. The highest BCUT2D eigenvalue weighted by Crippen LogP contribution is 2.34. The largest absolute Gasteiger partial charge is 0.468 e. The number of rotatable bonds is 9. The summed E-state index contributed by atoms with van der Waals surface area (Å²) in [5.74, 6) is 0.700. The lowest BCUT2D eigenvalue weighted by Gasteiger charge is -2.32. The fourth-order valence-corrected chi connectivity index (χ4v) is 2.43. The van der Waals surface area contributed by atoms with E-state index in [1.807, 2.05) is 6.92 Å². The SMILES string of the molecule is CCCNC(C)(CCN(C)C(C)C1CC1)C(=O)OC. The third-order valence-electron chi connectivity index (χ3n) is 4.37. The minimum absolute atomic E-state index is 0.159. The Labute approximate surface area is 117 Å². The molecule has 0 aliphatic heterocycles. The number of carbonyl (C=O) groups is 1. The second-order valence-electron chi connectivity index (χ2n) is 6.06. The van der Waals surface area contributed by atoms with Crippen molar-refractivity contribution in [1.29, 1.82) is 0 Å². The molecule has 1 fully saturated rings. The standard InChI is InChI=1S/C15H30N2O2/c1-6-10-16-15(3,14(18)19-5)9-11-17(4)12(2)13-7-8-13/h12-13,16H,6-11H2,1-5H3. The van der Waals surface area contributed by atoms with E-state index in [0.717, 1.165) is 31.8 Å². The lowest BCUT2D eigenvalue weighted by Crippen LogP contribution is -2.52. The number of nitrogens with zero attached hydrogens (tertiary/aromatic N) is 1. The molecule has 2 atom stereocenters. The first-order valence-corrected chi connectivity index (χ1v) is 7.48. The predicted octanol–water partition coefficient (Wildman–Crippen LogP) is 2.04. The van der Waals surface area contributed by atoms with Gasteiger partial charge in [-0.2, -0.15) is 0 Å². The molecule has 0 spiro atoms. The van der Waals surface area contributed by atoms with Crippen LogP contribution in [0.5, 0.6) is 0 Å². The fraction of sp³-hybridized carbons (Fsp3) is 0.933. The summed E-state index contributed by atoms with van der Waals surface area (Å²) >= 11 is 0. The normalized spacial score (nSPS) is 20.1. The molecule has 0 aromatic rings. The number of hydrogen-bond acceptors (Lipinski definition) is 4. The Hall–Kier alpha value is -0.610. The summed E-state index contributed by atoms with van der Waals surface area (Å²) < 4.78 is 4.95. The smallest absolute Gasteiger partial charge is 0.325 e. The van der Waals surface area contributed by atoms with E-state index >= 15 is 0 Å². The Balaban J connectivity index is 2.49. The molecule has 1 N–H and O–H groups in total. The van der Waals surface area contributed by atoms with E-state index < -0.39 is 5.54 Å². The predicted molar refractivity (Wildman–Crippen MR) is 78.1 cm³/mol. The van der Waals surface area contributed by atoms with E-state index in [4.69, 9.17) is 4.74 Å². The van der Waals surface area contributed by atoms with E-state index in [0.29, 0.717) is 6.04 Å². The van der Waals surface area contributed by atoms with Gasteiger partial charge in [0, 0.05) is 12.6 Å². The molecule has 1 saturated carbocycles.